The van der Waals surface area contributed by atoms with Gasteiger partial charge in [0.25, 0.3) is 5.91 Å². The van der Waals surface area contributed by atoms with Crippen molar-refractivity contribution in [1.29, 1.82) is 0 Å². The number of methoxy groups -OCH3 is 1. The van der Waals surface area contributed by atoms with Crippen LogP contribution < -0.4 is 5.32 Å². The first-order valence-corrected chi connectivity index (χ1v) is 9.09. The number of aromatic nitrogens is 1. The molecular weight excluding hydrogens is 346 g/mol. The molecule has 2 bridgehead atoms. The highest BCUT2D eigenvalue weighted by molar-refractivity contribution is 5.97. The Labute approximate surface area is 157 Å². The van der Waals surface area contributed by atoms with Crippen LogP contribution in [-0.2, 0) is 9.53 Å². The maximum atomic E-state index is 12.8. The summed E-state index contributed by atoms with van der Waals surface area (Å²) in [5.41, 5.74) is 1.34. The second-order valence-corrected chi connectivity index (χ2v) is 7.07. The van der Waals surface area contributed by atoms with Crippen LogP contribution >= 0.6 is 0 Å². The van der Waals surface area contributed by atoms with E-state index in [1.807, 2.05) is 0 Å². The number of piperidine rings is 3. The summed E-state index contributed by atoms with van der Waals surface area (Å²) in [7, 11) is 1.27. The number of nitrogens with zero attached hydrogens (tertiary/aromatic N) is 2. The number of carbonyl (C=O) groups is 2. The van der Waals surface area contributed by atoms with Gasteiger partial charge in [0.05, 0.1) is 18.9 Å². The monoisotopic (exact) mass is 367 g/mol. The lowest BCUT2D eigenvalue weighted by Gasteiger charge is -2.49. The SMILES string of the molecule is COC(=O)C#Cc1coc2cnc(C(=O)N[C@@H]3C4CCN(CC4)[C@H]3C)cc12. The Kier molecular flexibility index (Phi) is 4.58. The molecule has 3 aliphatic heterocycles. The topological polar surface area (TPSA) is 84.7 Å². The van der Waals surface area contributed by atoms with E-state index >= 15 is 0 Å². The van der Waals surface area contributed by atoms with Crippen LogP contribution in [0.15, 0.2) is 22.9 Å². The number of rotatable bonds is 2. The van der Waals surface area contributed by atoms with E-state index in [-0.39, 0.29) is 11.9 Å². The van der Waals surface area contributed by atoms with E-state index in [0.717, 1.165) is 25.9 Å². The molecule has 0 spiro atoms. The highest BCUT2D eigenvalue weighted by Crippen LogP contribution is 2.32. The number of carbonyl (C=O) groups excluding carboxylic acids is 2. The molecule has 0 radical (unpaired) electrons. The Hall–Kier alpha value is -2.85. The fourth-order valence-electron chi connectivity index (χ4n) is 4.09. The molecule has 140 valence electrons. The average Bonchev–Trinajstić information content (AvgIpc) is 3.11. The van der Waals surface area contributed by atoms with Crippen LogP contribution in [0.5, 0.6) is 0 Å². The summed E-state index contributed by atoms with van der Waals surface area (Å²) in [6.07, 6.45) is 5.19. The molecule has 27 heavy (non-hydrogen) atoms. The van der Waals surface area contributed by atoms with Gasteiger partial charge in [0, 0.05) is 23.4 Å². The molecule has 3 fully saturated rings. The van der Waals surface area contributed by atoms with E-state index in [9.17, 15) is 9.59 Å². The molecule has 3 saturated heterocycles. The maximum absolute atomic E-state index is 12.8. The van der Waals surface area contributed by atoms with Crippen molar-refractivity contribution in [3.8, 4) is 11.8 Å². The van der Waals surface area contributed by atoms with Gasteiger partial charge in [-0.3, -0.25) is 9.69 Å². The largest absolute Gasteiger partial charge is 0.461 e. The highest BCUT2D eigenvalue weighted by Gasteiger charge is 2.40. The van der Waals surface area contributed by atoms with Crippen LogP contribution in [0.2, 0.25) is 0 Å². The predicted molar refractivity (Wildman–Crippen MR) is 97.9 cm³/mol. The van der Waals surface area contributed by atoms with Crippen LogP contribution in [0, 0.1) is 17.8 Å². The second kappa shape index (κ2) is 7.05. The minimum atomic E-state index is -0.632. The van der Waals surface area contributed by atoms with Gasteiger partial charge in [-0.15, -0.1) is 0 Å². The zero-order valence-electron chi connectivity index (χ0n) is 15.3. The minimum Gasteiger partial charge on any atom is -0.461 e. The third kappa shape index (κ3) is 3.28. The molecule has 1 N–H and O–H groups in total. The molecule has 0 aliphatic carbocycles. The molecule has 2 aromatic heterocycles. The molecule has 2 aromatic rings. The molecular formula is C20H21N3O4. The first-order valence-electron chi connectivity index (χ1n) is 9.09. The lowest BCUT2D eigenvalue weighted by molar-refractivity contribution is -0.133. The van der Waals surface area contributed by atoms with Gasteiger partial charge in [0.15, 0.2) is 5.58 Å². The Bertz CT molecular complexity index is 945. The van der Waals surface area contributed by atoms with Gasteiger partial charge in [-0.05, 0) is 44.8 Å². The van der Waals surface area contributed by atoms with E-state index in [1.54, 1.807) is 6.07 Å². The lowest BCUT2D eigenvalue weighted by atomic mass is 9.79. The molecule has 0 unspecified atom stereocenters. The smallest absolute Gasteiger partial charge is 0.384 e. The van der Waals surface area contributed by atoms with E-state index in [2.05, 4.69) is 38.7 Å². The number of ether oxygens (including phenoxy) is 1. The van der Waals surface area contributed by atoms with Crippen LogP contribution in [0.1, 0.15) is 35.8 Å². The average molecular weight is 367 g/mol. The van der Waals surface area contributed by atoms with Crippen molar-refractivity contribution in [3.63, 3.8) is 0 Å². The Morgan fingerprint density at radius 2 is 2.15 bits per heavy atom. The third-order valence-electron chi connectivity index (χ3n) is 5.65. The van der Waals surface area contributed by atoms with Crippen LogP contribution in [-0.4, -0.2) is 54.0 Å². The second-order valence-electron chi connectivity index (χ2n) is 7.07. The summed E-state index contributed by atoms with van der Waals surface area (Å²) in [4.78, 5) is 30.7. The lowest BCUT2D eigenvalue weighted by Crippen LogP contribution is -2.62. The molecule has 3 aliphatic rings. The molecule has 1 amide bonds. The molecule has 5 rings (SSSR count). The molecule has 7 nitrogen and oxygen atoms in total. The number of hydrogen-bond acceptors (Lipinski definition) is 6. The van der Waals surface area contributed by atoms with E-state index in [4.69, 9.17) is 4.42 Å². The number of hydrogen-bond donors (Lipinski definition) is 1. The van der Waals surface area contributed by atoms with E-state index in [0.29, 0.717) is 34.2 Å². The molecule has 5 heterocycles. The van der Waals surface area contributed by atoms with Gasteiger partial charge in [-0.2, -0.15) is 0 Å². The summed E-state index contributed by atoms with van der Waals surface area (Å²) in [5, 5.41) is 3.81. The van der Waals surface area contributed by atoms with Crippen molar-refractivity contribution in [1.82, 2.24) is 15.2 Å². The van der Waals surface area contributed by atoms with E-state index in [1.165, 1.54) is 19.6 Å². The van der Waals surface area contributed by atoms with Crippen molar-refractivity contribution in [3.05, 3.63) is 29.8 Å². The number of esters is 1. The van der Waals surface area contributed by atoms with Gasteiger partial charge in [0.1, 0.15) is 12.0 Å². The third-order valence-corrected chi connectivity index (χ3v) is 5.65. The van der Waals surface area contributed by atoms with Crippen molar-refractivity contribution in [2.24, 2.45) is 5.92 Å². The molecule has 0 saturated carbocycles. The Balaban J connectivity index is 1.57. The number of furan rings is 1. The van der Waals surface area contributed by atoms with Gasteiger partial charge in [-0.25, -0.2) is 9.78 Å². The maximum Gasteiger partial charge on any atom is 0.384 e. The fraction of sp³-hybridized carbons (Fsp3) is 0.450. The van der Waals surface area contributed by atoms with Crippen molar-refractivity contribution < 1.29 is 18.7 Å². The fourth-order valence-corrected chi connectivity index (χ4v) is 4.09. The van der Waals surface area contributed by atoms with Gasteiger partial charge >= 0.3 is 5.97 Å². The minimum absolute atomic E-state index is 0.139. The number of nitrogens with one attached hydrogen (secondary N) is 1. The van der Waals surface area contributed by atoms with Crippen molar-refractivity contribution >= 4 is 22.8 Å². The molecule has 2 atom stereocenters. The van der Waals surface area contributed by atoms with Crippen molar-refractivity contribution in [2.45, 2.75) is 31.8 Å². The predicted octanol–water partition coefficient (Wildman–Crippen LogP) is 1.56. The number of pyridine rings is 1. The number of fused-ring (bicyclic) bond motifs is 4. The zero-order chi connectivity index (χ0) is 19.0. The van der Waals surface area contributed by atoms with E-state index < -0.39 is 5.97 Å². The molecule has 0 aromatic carbocycles. The first-order chi connectivity index (χ1) is 13.1. The summed E-state index contributed by atoms with van der Waals surface area (Å²) >= 11 is 0. The summed E-state index contributed by atoms with van der Waals surface area (Å²) in [6, 6.07) is 2.13. The molecule has 7 heteroatoms. The number of amides is 1. The van der Waals surface area contributed by atoms with Crippen LogP contribution in [0.25, 0.3) is 11.0 Å². The van der Waals surface area contributed by atoms with Crippen LogP contribution in [0.3, 0.4) is 0 Å². The highest BCUT2D eigenvalue weighted by atomic mass is 16.5. The summed E-state index contributed by atoms with van der Waals surface area (Å²) in [6.45, 7) is 4.39. The first kappa shape index (κ1) is 17.6. The standard InChI is InChI=1S/C20H21N3O4/c1-12-19(13-5-7-23(12)8-6-13)22-20(25)16-9-15-14(3-4-18(24)26-2)11-27-17(15)10-21-16/h9-13,19H,5-8H2,1-2H3,(H,22,25)/t12-,19-/m0/s1. The normalized spacial score (nSPS) is 26.3. The van der Waals surface area contributed by atoms with Gasteiger partial charge in [-0.1, -0.05) is 5.92 Å². The van der Waals surface area contributed by atoms with Crippen LogP contribution in [0.4, 0.5) is 0 Å². The zero-order valence-corrected chi connectivity index (χ0v) is 15.3. The Morgan fingerprint density at radius 3 is 2.85 bits per heavy atom. The van der Waals surface area contributed by atoms with Gasteiger partial charge in [0.2, 0.25) is 0 Å². The van der Waals surface area contributed by atoms with Gasteiger partial charge < -0.3 is 14.5 Å². The Morgan fingerprint density at radius 1 is 1.37 bits per heavy atom. The van der Waals surface area contributed by atoms with Crippen molar-refractivity contribution in [2.75, 3.05) is 20.2 Å². The quantitative estimate of drug-likeness (QED) is 0.641. The summed E-state index contributed by atoms with van der Waals surface area (Å²) in [5.74, 6) is 4.77. The summed E-state index contributed by atoms with van der Waals surface area (Å²) < 4.78 is 9.92.